The summed E-state index contributed by atoms with van der Waals surface area (Å²) in [7, 11) is 3.45. The molecule has 4 rings (SSSR count). The number of esters is 1. The average Bonchev–Trinajstić information content (AvgIpc) is 3.16. The van der Waals surface area contributed by atoms with Crippen LogP contribution in [0.3, 0.4) is 0 Å². The Kier molecular flexibility index (Phi) is 5.44. The number of rotatable bonds is 5. The molecule has 0 spiro atoms. The topological polar surface area (TPSA) is 82.4 Å². The first kappa shape index (κ1) is 19.9. The van der Waals surface area contributed by atoms with Gasteiger partial charge in [-0.15, -0.1) is 0 Å². The van der Waals surface area contributed by atoms with E-state index in [0.29, 0.717) is 30.4 Å². The zero-order valence-electron chi connectivity index (χ0n) is 17.4. The van der Waals surface area contributed by atoms with E-state index in [2.05, 4.69) is 10.4 Å². The molecule has 0 radical (unpaired) electrons. The van der Waals surface area contributed by atoms with Crippen LogP contribution in [-0.2, 0) is 28.0 Å². The smallest absolute Gasteiger partial charge is 0.336 e. The van der Waals surface area contributed by atoms with Crippen molar-refractivity contribution in [2.45, 2.75) is 38.7 Å². The maximum Gasteiger partial charge on any atom is 0.336 e. The lowest BCUT2D eigenvalue weighted by atomic mass is 9.78. The molecule has 1 atom stereocenters. The van der Waals surface area contributed by atoms with Crippen LogP contribution in [0.2, 0.25) is 0 Å². The number of hydrogen-bond donors (Lipinski definition) is 1. The summed E-state index contributed by atoms with van der Waals surface area (Å²) in [6.07, 6.45) is 4.88. The van der Waals surface area contributed by atoms with Gasteiger partial charge in [0.25, 0.3) is 0 Å². The molecule has 1 aromatic heterocycles. The normalized spacial score (nSPS) is 18.8. The molecule has 1 aromatic carbocycles. The Morgan fingerprint density at radius 2 is 2.10 bits per heavy atom. The molecule has 7 nitrogen and oxygen atoms in total. The predicted octanol–water partition coefficient (Wildman–Crippen LogP) is 3.14. The van der Waals surface area contributed by atoms with Gasteiger partial charge in [-0.05, 0) is 25.0 Å². The highest BCUT2D eigenvalue weighted by atomic mass is 16.5. The SMILES string of the molecule is COc1ccccc1[C@H]1CC(=O)C2=C(C1)NC(C)=C(C(=O)OCc1cnn(C)c1)C2. The second-order valence-electron chi connectivity index (χ2n) is 7.73. The number of aryl methyl sites for hydroxylation is 1. The number of aromatic nitrogens is 2. The van der Waals surface area contributed by atoms with Crippen LogP contribution < -0.4 is 10.1 Å². The largest absolute Gasteiger partial charge is 0.496 e. The summed E-state index contributed by atoms with van der Waals surface area (Å²) < 4.78 is 12.6. The van der Waals surface area contributed by atoms with Gasteiger partial charge in [0, 0.05) is 54.5 Å². The summed E-state index contributed by atoms with van der Waals surface area (Å²) in [5, 5.41) is 7.37. The van der Waals surface area contributed by atoms with Crippen LogP contribution in [0.1, 0.15) is 43.2 Å². The molecule has 7 heteroatoms. The summed E-state index contributed by atoms with van der Waals surface area (Å²) >= 11 is 0. The van der Waals surface area contributed by atoms with Gasteiger partial charge in [-0.3, -0.25) is 9.48 Å². The Labute approximate surface area is 175 Å². The number of benzene rings is 1. The highest BCUT2D eigenvalue weighted by Crippen LogP contribution is 2.41. The fourth-order valence-corrected chi connectivity index (χ4v) is 4.13. The van der Waals surface area contributed by atoms with Gasteiger partial charge >= 0.3 is 5.97 Å². The molecule has 0 saturated heterocycles. The zero-order valence-corrected chi connectivity index (χ0v) is 17.4. The third kappa shape index (κ3) is 3.87. The number of hydrogen-bond acceptors (Lipinski definition) is 6. The van der Waals surface area contributed by atoms with Crippen LogP contribution in [0.25, 0.3) is 0 Å². The monoisotopic (exact) mass is 407 g/mol. The van der Waals surface area contributed by atoms with E-state index >= 15 is 0 Å². The van der Waals surface area contributed by atoms with Crippen molar-refractivity contribution in [1.82, 2.24) is 15.1 Å². The number of dihydropyridines is 1. The van der Waals surface area contributed by atoms with Crippen molar-refractivity contribution >= 4 is 11.8 Å². The van der Waals surface area contributed by atoms with E-state index in [1.807, 2.05) is 38.2 Å². The van der Waals surface area contributed by atoms with E-state index in [0.717, 1.165) is 28.3 Å². The van der Waals surface area contributed by atoms with Crippen molar-refractivity contribution in [3.63, 3.8) is 0 Å². The lowest BCUT2D eigenvalue weighted by molar-refractivity contribution is -0.140. The van der Waals surface area contributed by atoms with Crippen LogP contribution in [-0.4, -0.2) is 28.6 Å². The molecule has 2 heterocycles. The number of nitrogens with zero attached hydrogens (tertiary/aromatic N) is 2. The summed E-state index contributed by atoms with van der Waals surface area (Å²) in [5.41, 5.74) is 4.66. The van der Waals surface area contributed by atoms with Crippen LogP contribution in [0.5, 0.6) is 5.75 Å². The standard InChI is InChI=1S/C23H25N3O4/c1-14-18(23(28)30-13-15-11-24-26(2)12-15)10-19-20(25-14)8-16(9-21(19)27)17-6-4-5-7-22(17)29-3/h4-7,11-12,16,25H,8-10,13H2,1-3H3/t16-/m1/s1. The summed E-state index contributed by atoms with van der Waals surface area (Å²) in [4.78, 5) is 25.6. The molecule has 0 amide bonds. The van der Waals surface area contributed by atoms with Crippen LogP contribution in [0, 0.1) is 0 Å². The van der Waals surface area contributed by atoms with Crippen LogP contribution in [0.15, 0.2) is 59.2 Å². The third-order valence-electron chi connectivity index (χ3n) is 5.68. The second kappa shape index (κ2) is 8.18. The van der Waals surface area contributed by atoms with E-state index in [1.165, 1.54) is 0 Å². The molecule has 1 aliphatic carbocycles. The minimum Gasteiger partial charge on any atom is -0.496 e. The zero-order chi connectivity index (χ0) is 21.3. The number of nitrogens with one attached hydrogen (secondary N) is 1. The molecule has 1 N–H and O–H groups in total. The Morgan fingerprint density at radius 1 is 1.30 bits per heavy atom. The van der Waals surface area contributed by atoms with E-state index in [1.54, 1.807) is 24.2 Å². The molecule has 0 saturated carbocycles. The molecule has 30 heavy (non-hydrogen) atoms. The maximum atomic E-state index is 12.9. The number of methoxy groups -OCH3 is 1. The number of carbonyl (C=O) groups excluding carboxylic acids is 2. The molecule has 0 unspecified atom stereocenters. The number of carbonyl (C=O) groups is 2. The van der Waals surface area contributed by atoms with Crippen molar-refractivity contribution in [3.05, 3.63) is 70.3 Å². The fourth-order valence-electron chi connectivity index (χ4n) is 4.13. The molecule has 2 aliphatic rings. The number of ketones is 1. The molecule has 0 bridgehead atoms. The third-order valence-corrected chi connectivity index (χ3v) is 5.68. The maximum absolute atomic E-state index is 12.9. The van der Waals surface area contributed by atoms with Crippen molar-refractivity contribution in [2.75, 3.05) is 7.11 Å². The minimum atomic E-state index is -0.407. The number of para-hydroxylation sites is 1. The van der Waals surface area contributed by atoms with E-state index in [9.17, 15) is 9.59 Å². The van der Waals surface area contributed by atoms with Gasteiger partial charge in [-0.1, -0.05) is 18.2 Å². The van der Waals surface area contributed by atoms with Crippen molar-refractivity contribution < 1.29 is 19.1 Å². The number of allylic oxidation sites excluding steroid dienone is 3. The highest BCUT2D eigenvalue weighted by molar-refractivity contribution is 6.01. The highest BCUT2D eigenvalue weighted by Gasteiger charge is 2.34. The van der Waals surface area contributed by atoms with Gasteiger partial charge in [0.05, 0.1) is 18.9 Å². The second-order valence-corrected chi connectivity index (χ2v) is 7.73. The van der Waals surface area contributed by atoms with Crippen molar-refractivity contribution in [2.24, 2.45) is 7.05 Å². The van der Waals surface area contributed by atoms with E-state index < -0.39 is 5.97 Å². The summed E-state index contributed by atoms with van der Waals surface area (Å²) in [5.74, 6) is 0.494. The predicted molar refractivity (Wildman–Crippen MR) is 110 cm³/mol. The Hall–Kier alpha value is -3.35. The average molecular weight is 407 g/mol. The van der Waals surface area contributed by atoms with Crippen molar-refractivity contribution in [1.29, 1.82) is 0 Å². The minimum absolute atomic E-state index is 0.0479. The quantitative estimate of drug-likeness (QED) is 0.767. The molecule has 156 valence electrons. The van der Waals surface area contributed by atoms with Crippen LogP contribution in [0.4, 0.5) is 0 Å². The van der Waals surface area contributed by atoms with Crippen LogP contribution >= 0.6 is 0 Å². The Morgan fingerprint density at radius 3 is 2.83 bits per heavy atom. The number of Topliss-reactive ketones (excluding diaryl/α,β-unsaturated/α-hetero) is 1. The first-order chi connectivity index (χ1) is 14.5. The molecule has 1 aliphatic heterocycles. The van der Waals surface area contributed by atoms with E-state index in [4.69, 9.17) is 9.47 Å². The Bertz CT molecular complexity index is 1060. The first-order valence-corrected chi connectivity index (χ1v) is 9.95. The van der Waals surface area contributed by atoms with Gasteiger partial charge < -0.3 is 14.8 Å². The van der Waals surface area contributed by atoms with Gasteiger partial charge in [-0.2, -0.15) is 5.10 Å². The van der Waals surface area contributed by atoms with Crippen molar-refractivity contribution in [3.8, 4) is 5.75 Å². The Balaban J connectivity index is 1.48. The summed E-state index contributed by atoms with van der Waals surface area (Å²) in [6.45, 7) is 2.00. The first-order valence-electron chi connectivity index (χ1n) is 9.95. The van der Waals surface area contributed by atoms with Gasteiger partial charge in [0.15, 0.2) is 5.78 Å². The van der Waals surface area contributed by atoms with Gasteiger partial charge in [-0.25, -0.2) is 4.79 Å². The molecule has 0 fully saturated rings. The molecular weight excluding hydrogens is 382 g/mol. The molecule has 2 aromatic rings. The molecular formula is C23H25N3O4. The lowest BCUT2D eigenvalue weighted by Crippen LogP contribution is -2.31. The van der Waals surface area contributed by atoms with Gasteiger partial charge in [0.2, 0.25) is 0 Å². The van der Waals surface area contributed by atoms with Gasteiger partial charge in [0.1, 0.15) is 12.4 Å². The lowest BCUT2D eigenvalue weighted by Gasteiger charge is -2.32. The fraction of sp³-hybridized carbons (Fsp3) is 0.348. The van der Waals surface area contributed by atoms with E-state index in [-0.39, 0.29) is 18.3 Å². The summed E-state index contributed by atoms with van der Waals surface area (Å²) in [6, 6.07) is 7.81. The number of ether oxygens (including phenoxy) is 2.